The van der Waals surface area contributed by atoms with Gasteiger partial charge in [-0.05, 0) is 44.4 Å². The van der Waals surface area contributed by atoms with Crippen molar-refractivity contribution in [1.82, 2.24) is 9.80 Å². The van der Waals surface area contributed by atoms with E-state index in [0.717, 1.165) is 51.0 Å². The Morgan fingerprint density at radius 3 is 2.56 bits per heavy atom. The standard InChI is InChI=1S/C20H28ClN3O3/c1-2-22(14-19(25)26)15-9-12-23(13-10-15)18-8-5-11-24(20(18)27)17-7-4-3-6-16(17)21/h3-4,6-7,15,18H,2,5,8-14H2,1H3,(H,25,26). The number of nitrogens with zero attached hydrogens (tertiary/aromatic N) is 3. The number of piperidine rings is 2. The number of carbonyl (C=O) groups is 2. The van der Waals surface area contributed by atoms with Crippen LogP contribution in [0.4, 0.5) is 5.69 Å². The minimum atomic E-state index is -0.780. The molecular weight excluding hydrogens is 366 g/mol. The van der Waals surface area contributed by atoms with Gasteiger partial charge in [-0.2, -0.15) is 0 Å². The van der Waals surface area contributed by atoms with Crippen LogP contribution in [0.5, 0.6) is 0 Å². The monoisotopic (exact) mass is 393 g/mol. The van der Waals surface area contributed by atoms with E-state index in [-0.39, 0.29) is 24.5 Å². The normalized spacial score (nSPS) is 22.4. The SMILES string of the molecule is CCN(CC(=O)O)C1CCN(C2CCCN(c3ccccc3Cl)C2=O)CC1. The van der Waals surface area contributed by atoms with Crippen molar-refractivity contribution in [3.8, 4) is 0 Å². The van der Waals surface area contributed by atoms with E-state index in [1.807, 2.05) is 41.0 Å². The first kappa shape index (κ1) is 20.1. The lowest BCUT2D eigenvalue weighted by molar-refractivity contribution is -0.139. The molecule has 2 fully saturated rings. The van der Waals surface area contributed by atoms with E-state index < -0.39 is 5.97 Å². The third-order valence-corrected chi connectivity index (χ3v) is 6.07. The van der Waals surface area contributed by atoms with Gasteiger partial charge in [-0.1, -0.05) is 30.7 Å². The van der Waals surface area contributed by atoms with Crippen LogP contribution in [-0.2, 0) is 9.59 Å². The Morgan fingerprint density at radius 2 is 1.93 bits per heavy atom. The molecule has 148 valence electrons. The molecule has 1 amide bonds. The summed E-state index contributed by atoms with van der Waals surface area (Å²) in [6.45, 7) is 5.18. The minimum absolute atomic E-state index is 0.0871. The molecule has 0 aromatic heterocycles. The van der Waals surface area contributed by atoms with E-state index in [1.54, 1.807) is 0 Å². The van der Waals surface area contributed by atoms with Crippen molar-refractivity contribution < 1.29 is 14.7 Å². The lowest BCUT2D eigenvalue weighted by Gasteiger charge is -2.43. The number of hydrogen-bond donors (Lipinski definition) is 1. The molecular formula is C20H28ClN3O3. The van der Waals surface area contributed by atoms with Crippen molar-refractivity contribution in [3.63, 3.8) is 0 Å². The lowest BCUT2D eigenvalue weighted by atomic mass is 9.96. The molecule has 3 rings (SSSR count). The second-order valence-electron chi connectivity index (χ2n) is 7.32. The number of likely N-dealkylation sites (N-methyl/N-ethyl adjacent to an activating group) is 1. The molecule has 6 nitrogen and oxygen atoms in total. The number of anilines is 1. The van der Waals surface area contributed by atoms with E-state index in [0.29, 0.717) is 11.6 Å². The van der Waals surface area contributed by atoms with Gasteiger partial charge in [-0.25, -0.2) is 0 Å². The summed E-state index contributed by atoms with van der Waals surface area (Å²) in [5, 5.41) is 9.69. The van der Waals surface area contributed by atoms with Crippen molar-refractivity contribution >= 4 is 29.2 Å². The maximum absolute atomic E-state index is 13.1. The number of carboxylic acid groups (broad SMARTS) is 1. The predicted octanol–water partition coefficient (Wildman–Crippen LogP) is 2.71. The number of carbonyl (C=O) groups excluding carboxylic acids is 1. The summed E-state index contributed by atoms with van der Waals surface area (Å²) in [6.07, 6.45) is 3.63. The molecule has 0 saturated carbocycles. The van der Waals surface area contributed by atoms with Gasteiger partial charge in [0.25, 0.3) is 0 Å². The smallest absolute Gasteiger partial charge is 0.317 e. The summed E-state index contributed by atoms with van der Waals surface area (Å²) < 4.78 is 0. The van der Waals surface area contributed by atoms with Crippen LogP contribution < -0.4 is 4.90 Å². The molecule has 1 N–H and O–H groups in total. The number of likely N-dealkylation sites (tertiary alicyclic amines) is 1. The van der Waals surface area contributed by atoms with E-state index in [4.69, 9.17) is 16.7 Å². The summed E-state index contributed by atoms with van der Waals surface area (Å²) in [5.74, 6) is -0.650. The van der Waals surface area contributed by atoms with Crippen LogP contribution in [0.15, 0.2) is 24.3 Å². The Bertz CT molecular complexity index is 676. The number of rotatable bonds is 6. The highest BCUT2D eigenvalue weighted by atomic mass is 35.5. The van der Waals surface area contributed by atoms with Gasteiger partial charge >= 0.3 is 5.97 Å². The molecule has 1 atom stereocenters. The molecule has 1 unspecified atom stereocenters. The van der Waals surface area contributed by atoms with Gasteiger partial charge in [-0.3, -0.25) is 19.4 Å². The Hall–Kier alpha value is -1.63. The maximum atomic E-state index is 13.1. The molecule has 0 bridgehead atoms. The zero-order chi connectivity index (χ0) is 19.4. The van der Waals surface area contributed by atoms with Gasteiger partial charge in [0, 0.05) is 25.7 Å². The average Bonchev–Trinajstić information content (AvgIpc) is 2.67. The van der Waals surface area contributed by atoms with Gasteiger partial charge in [0.15, 0.2) is 0 Å². The number of para-hydroxylation sites is 1. The zero-order valence-corrected chi connectivity index (χ0v) is 16.6. The molecule has 1 aromatic rings. The van der Waals surface area contributed by atoms with E-state index in [2.05, 4.69) is 4.90 Å². The second kappa shape index (κ2) is 9.04. The topological polar surface area (TPSA) is 64.1 Å². The molecule has 2 saturated heterocycles. The number of amides is 1. The van der Waals surface area contributed by atoms with E-state index in [1.165, 1.54) is 0 Å². The number of carboxylic acids is 1. The maximum Gasteiger partial charge on any atom is 0.317 e. The number of aliphatic carboxylic acids is 1. The van der Waals surface area contributed by atoms with Gasteiger partial charge in [0.1, 0.15) is 0 Å². The van der Waals surface area contributed by atoms with Crippen molar-refractivity contribution in [2.24, 2.45) is 0 Å². The van der Waals surface area contributed by atoms with Crippen molar-refractivity contribution in [1.29, 1.82) is 0 Å². The summed E-state index contributed by atoms with van der Waals surface area (Å²) in [7, 11) is 0. The molecule has 2 aliphatic rings. The third-order valence-electron chi connectivity index (χ3n) is 5.75. The van der Waals surface area contributed by atoms with Crippen LogP contribution in [0, 0.1) is 0 Å². The number of halogens is 1. The van der Waals surface area contributed by atoms with Crippen molar-refractivity contribution in [2.45, 2.75) is 44.7 Å². The number of hydrogen-bond acceptors (Lipinski definition) is 4. The molecule has 1 aromatic carbocycles. The summed E-state index contributed by atoms with van der Waals surface area (Å²) in [5.41, 5.74) is 0.794. The number of benzene rings is 1. The average molecular weight is 394 g/mol. The fourth-order valence-corrected chi connectivity index (χ4v) is 4.58. The molecule has 7 heteroatoms. The minimum Gasteiger partial charge on any atom is -0.480 e. The van der Waals surface area contributed by atoms with Gasteiger partial charge in [0.05, 0.1) is 23.3 Å². The highest BCUT2D eigenvalue weighted by Gasteiger charge is 2.37. The van der Waals surface area contributed by atoms with Gasteiger partial charge in [0.2, 0.25) is 5.91 Å². The summed E-state index contributed by atoms with van der Waals surface area (Å²) >= 11 is 6.31. The molecule has 27 heavy (non-hydrogen) atoms. The molecule has 0 aliphatic carbocycles. The predicted molar refractivity (Wildman–Crippen MR) is 106 cm³/mol. The highest BCUT2D eigenvalue weighted by molar-refractivity contribution is 6.33. The Balaban J connectivity index is 1.63. The lowest BCUT2D eigenvalue weighted by Crippen LogP contribution is -2.56. The second-order valence-corrected chi connectivity index (χ2v) is 7.73. The fourth-order valence-electron chi connectivity index (χ4n) is 4.34. The third kappa shape index (κ3) is 4.62. The van der Waals surface area contributed by atoms with Crippen molar-refractivity contribution in [2.75, 3.05) is 37.6 Å². The van der Waals surface area contributed by atoms with Crippen LogP contribution in [0.2, 0.25) is 5.02 Å². The van der Waals surface area contributed by atoms with Gasteiger partial charge in [-0.15, -0.1) is 0 Å². The Morgan fingerprint density at radius 1 is 1.22 bits per heavy atom. The molecule has 0 radical (unpaired) electrons. The Kier molecular flexibility index (Phi) is 6.73. The molecule has 0 spiro atoms. The largest absolute Gasteiger partial charge is 0.480 e. The van der Waals surface area contributed by atoms with E-state index in [9.17, 15) is 9.59 Å². The summed E-state index contributed by atoms with van der Waals surface area (Å²) in [6, 6.07) is 7.68. The van der Waals surface area contributed by atoms with Crippen molar-refractivity contribution in [3.05, 3.63) is 29.3 Å². The Labute approximate surface area is 165 Å². The van der Waals surface area contributed by atoms with Crippen LogP contribution in [0.1, 0.15) is 32.6 Å². The van der Waals surface area contributed by atoms with Gasteiger partial charge < -0.3 is 10.0 Å². The summed E-state index contributed by atoms with van der Waals surface area (Å²) in [4.78, 5) is 30.3. The first-order valence-corrected chi connectivity index (χ1v) is 10.1. The van der Waals surface area contributed by atoms with Crippen LogP contribution in [-0.4, -0.2) is 71.6 Å². The first-order valence-electron chi connectivity index (χ1n) is 9.77. The molecule has 2 aliphatic heterocycles. The highest BCUT2D eigenvalue weighted by Crippen LogP contribution is 2.31. The van der Waals surface area contributed by atoms with Crippen LogP contribution in [0.3, 0.4) is 0 Å². The fraction of sp³-hybridized carbons (Fsp3) is 0.600. The quantitative estimate of drug-likeness (QED) is 0.805. The molecule has 2 heterocycles. The van der Waals surface area contributed by atoms with E-state index >= 15 is 0 Å². The van der Waals surface area contributed by atoms with Crippen LogP contribution >= 0.6 is 11.6 Å². The first-order chi connectivity index (χ1) is 13.0. The van der Waals surface area contributed by atoms with Crippen LogP contribution in [0.25, 0.3) is 0 Å². The zero-order valence-electron chi connectivity index (χ0n) is 15.8.